The standard InChI is InChI=1S/C14H20N2O.ClH/c1-16-8-7-12(14(15)17)10-13(16)9-11-5-3-2-4-6-11;/h2-6,12-13H,7-10H2,1H3,(H2,15,17);1H. The average Bonchev–Trinajstić information content (AvgIpc) is 2.33. The Morgan fingerprint density at radius 2 is 2.06 bits per heavy atom. The van der Waals surface area contributed by atoms with Crippen LogP contribution < -0.4 is 5.73 Å². The van der Waals surface area contributed by atoms with Crippen LogP contribution in [-0.4, -0.2) is 30.4 Å². The Bertz CT molecular complexity index is 383. The molecule has 2 rings (SSSR count). The van der Waals surface area contributed by atoms with Crippen LogP contribution in [0.3, 0.4) is 0 Å². The summed E-state index contributed by atoms with van der Waals surface area (Å²) in [5.74, 6) is -0.0870. The van der Waals surface area contributed by atoms with E-state index in [0.29, 0.717) is 6.04 Å². The molecule has 0 aliphatic carbocycles. The highest BCUT2D eigenvalue weighted by molar-refractivity contribution is 5.85. The minimum atomic E-state index is -0.142. The van der Waals surface area contributed by atoms with Gasteiger partial charge in [-0.2, -0.15) is 0 Å². The molecule has 3 nitrogen and oxygen atoms in total. The number of amides is 1. The zero-order chi connectivity index (χ0) is 12.3. The lowest BCUT2D eigenvalue weighted by Gasteiger charge is -2.36. The van der Waals surface area contributed by atoms with E-state index < -0.39 is 0 Å². The summed E-state index contributed by atoms with van der Waals surface area (Å²) in [7, 11) is 2.13. The fourth-order valence-corrected chi connectivity index (χ4v) is 2.55. The summed E-state index contributed by atoms with van der Waals surface area (Å²) >= 11 is 0. The van der Waals surface area contributed by atoms with Gasteiger partial charge in [0, 0.05) is 12.0 Å². The van der Waals surface area contributed by atoms with Crippen LogP contribution in [0.5, 0.6) is 0 Å². The Balaban J connectivity index is 0.00000162. The summed E-state index contributed by atoms with van der Waals surface area (Å²) in [5.41, 5.74) is 6.74. The number of nitrogens with zero attached hydrogens (tertiary/aromatic N) is 1. The van der Waals surface area contributed by atoms with Crippen molar-refractivity contribution in [3.63, 3.8) is 0 Å². The third-order valence-corrected chi connectivity index (χ3v) is 3.73. The summed E-state index contributed by atoms with van der Waals surface area (Å²) in [6.07, 6.45) is 2.79. The quantitative estimate of drug-likeness (QED) is 0.909. The molecule has 18 heavy (non-hydrogen) atoms. The molecule has 1 amide bonds. The third-order valence-electron chi connectivity index (χ3n) is 3.73. The van der Waals surface area contributed by atoms with Gasteiger partial charge in [-0.1, -0.05) is 30.3 Å². The molecule has 0 spiro atoms. The van der Waals surface area contributed by atoms with Crippen LogP contribution in [0.15, 0.2) is 30.3 Å². The van der Waals surface area contributed by atoms with Gasteiger partial charge in [0.15, 0.2) is 0 Å². The molecule has 0 bridgehead atoms. The Morgan fingerprint density at radius 1 is 1.39 bits per heavy atom. The van der Waals surface area contributed by atoms with Crippen LogP contribution >= 0.6 is 12.4 Å². The molecular formula is C14H21ClN2O. The van der Waals surface area contributed by atoms with E-state index in [1.165, 1.54) is 5.56 Å². The van der Waals surface area contributed by atoms with Crippen LogP contribution in [-0.2, 0) is 11.2 Å². The van der Waals surface area contributed by atoms with Crippen LogP contribution in [0.1, 0.15) is 18.4 Å². The number of carbonyl (C=O) groups is 1. The SMILES string of the molecule is CN1CCC(C(N)=O)CC1Cc1ccccc1.Cl. The topological polar surface area (TPSA) is 46.3 Å². The van der Waals surface area contributed by atoms with Gasteiger partial charge in [0.25, 0.3) is 0 Å². The van der Waals surface area contributed by atoms with Crippen molar-refractivity contribution in [3.8, 4) is 0 Å². The van der Waals surface area contributed by atoms with Gasteiger partial charge in [0.1, 0.15) is 0 Å². The van der Waals surface area contributed by atoms with Crippen molar-refractivity contribution in [2.24, 2.45) is 11.7 Å². The van der Waals surface area contributed by atoms with Gasteiger partial charge in [0.2, 0.25) is 5.91 Å². The molecule has 1 saturated heterocycles. The van der Waals surface area contributed by atoms with Crippen LogP contribution in [0, 0.1) is 5.92 Å². The fourth-order valence-electron chi connectivity index (χ4n) is 2.55. The zero-order valence-corrected chi connectivity index (χ0v) is 11.5. The number of piperidine rings is 1. The number of hydrogen-bond donors (Lipinski definition) is 1. The van der Waals surface area contributed by atoms with E-state index in [4.69, 9.17) is 5.73 Å². The monoisotopic (exact) mass is 268 g/mol. The number of carbonyl (C=O) groups excluding carboxylic acids is 1. The Labute approximate surface area is 115 Å². The van der Waals surface area contributed by atoms with E-state index in [1.807, 2.05) is 6.07 Å². The highest BCUT2D eigenvalue weighted by Gasteiger charge is 2.28. The smallest absolute Gasteiger partial charge is 0.220 e. The first-order valence-corrected chi connectivity index (χ1v) is 6.20. The number of nitrogens with two attached hydrogens (primary N) is 1. The number of hydrogen-bond acceptors (Lipinski definition) is 2. The van der Waals surface area contributed by atoms with E-state index in [1.54, 1.807) is 0 Å². The summed E-state index contributed by atoms with van der Waals surface area (Å²) in [6.45, 7) is 0.963. The molecule has 0 radical (unpaired) electrons. The molecule has 1 aromatic rings. The minimum absolute atomic E-state index is 0. The van der Waals surface area contributed by atoms with Crippen molar-refractivity contribution in [1.82, 2.24) is 4.90 Å². The second-order valence-corrected chi connectivity index (χ2v) is 4.95. The number of benzene rings is 1. The first kappa shape index (κ1) is 15.0. The first-order chi connectivity index (χ1) is 8.16. The molecule has 1 fully saturated rings. The highest BCUT2D eigenvalue weighted by Crippen LogP contribution is 2.24. The molecule has 1 heterocycles. The van der Waals surface area contributed by atoms with Crippen molar-refractivity contribution >= 4 is 18.3 Å². The Morgan fingerprint density at radius 3 is 2.67 bits per heavy atom. The summed E-state index contributed by atoms with van der Waals surface area (Å²) in [6, 6.07) is 10.9. The molecular weight excluding hydrogens is 248 g/mol. The number of rotatable bonds is 3. The van der Waals surface area contributed by atoms with Crippen molar-refractivity contribution in [2.45, 2.75) is 25.3 Å². The van der Waals surface area contributed by atoms with Gasteiger partial charge in [0.05, 0.1) is 0 Å². The van der Waals surface area contributed by atoms with Gasteiger partial charge < -0.3 is 10.6 Å². The van der Waals surface area contributed by atoms with Crippen molar-refractivity contribution in [3.05, 3.63) is 35.9 Å². The molecule has 0 saturated carbocycles. The molecule has 0 aromatic heterocycles. The lowest BCUT2D eigenvalue weighted by molar-refractivity contribution is -0.123. The van der Waals surface area contributed by atoms with Gasteiger partial charge in [-0.3, -0.25) is 4.79 Å². The van der Waals surface area contributed by atoms with E-state index in [9.17, 15) is 4.79 Å². The maximum Gasteiger partial charge on any atom is 0.220 e. The van der Waals surface area contributed by atoms with Gasteiger partial charge in [-0.25, -0.2) is 0 Å². The average molecular weight is 269 g/mol. The summed E-state index contributed by atoms with van der Waals surface area (Å²) < 4.78 is 0. The highest BCUT2D eigenvalue weighted by atomic mass is 35.5. The van der Waals surface area contributed by atoms with Gasteiger partial charge in [-0.05, 0) is 38.4 Å². The van der Waals surface area contributed by atoms with Crippen molar-refractivity contribution in [2.75, 3.05) is 13.6 Å². The van der Waals surface area contributed by atoms with E-state index in [0.717, 1.165) is 25.8 Å². The fraction of sp³-hybridized carbons (Fsp3) is 0.500. The normalized spacial score (nSPS) is 24.3. The second-order valence-electron chi connectivity index (χ2n) is 4.95. The second kappa shape index (κ2) is 6.76. The Kier molecular flexibility index (Phi) is 5.63. The maximum atomic E-state index is 11.3. The third kappa shape index (κ3) is 3.72. The van der Waals surface area contributed by atoms with Gasteiger partial charge >= 0.3 is 0 Å². The molecule has 2 atom stereocenters. The largest absolute Gasteiger partial charge is 0.369 e. The predicted octanol–water partition coefficient (Wildman–Crippen LogP) is 1.85. The lowest BCUT2D eigenvalue weighted by Crippen LogP contribution is -2.44. The van der Waals surface area contributed by atoms with E-state index in [-0.39, 0.29) is 24.2 Å². The number of likely N-dealkylation sites (tertiary alicyclic amines) is 1. The summed E-state index contributed by atoms with van der Waals surface area (Å²) in [5, 5.41) is 0. The van der Waals surface area contributed by atoms with Crippen molar-refractivity contribution in [1.29, 1.82) is 0 Å². The maximum absolute atomic E-state index is 11.3. The van der Waals surface area contributed by atoms with Crippen molar-refractivity contribution < 1.29 is 4.79 Å². The van der Waals surface area contributed by atoms with Crippen LogP contribution in [0.25, 0.3) is 0 Å². The zero-order valence-electron chi connectivity index (χ0n) is 10.7. The number of primary amides is 1. The molecule has 2 unspecified atom stereocenters. The molecule has 1 aliphatic heterocycles. The molecule has 2 N–H and O–H groups in total. The van der Waals surface area contributed by atoms with Crippen LogP contribution in [0.4, 0.5) is 0 Å². The van der Waals surface area contributed by atoms with E-state index >= 15 is 0 Å². The van der Waals surface area contributed by atoms with Gasteiger partial charge in [-0.15, -0.1) is 12.4 Å². The molecule has 1 aromatic carbocycles. The van der Waals surface area contributed by atoms with E-state index in [2.05, 4.69) is 36.2 Å². The predicted molar refractivity (Wildman–Crippen MR) is 75.7 cm³/mol. The number of halogens is 1. The molecule has 1 aliphatic rings. The molecule has 100 valence electrons. The molecule has 4 heteroatoms. The lowest BCUT2D eigenvalue weighted by atomic mass is 9.87. The minimum Gasteiger partial charge on any atom is -0.369 e. The number of likely N-dealkylation sites (N-methyl/N-ethyl adjacent to an activating group) is 1. The summed E-state index contributed by atoms with van der Waals surface area (Å²) in [4.78, 5) is 13.6. The first-order valence-electron chi connectivity index (χ1n) is 6.20. The Hall–Kier alpha value is -1.06. The van der Waals surface area contributed by atoms with Crippen LogP contribution in [0.2, 0.25) is 0 Å².